The Kier molecular flexibility index (Phi) is 3.79. The number of esters is 1. The number of fused-ring (bicyclic) bond motifs is 1. The Morgan fingerprint density at radius 2 is 2.21 bits per heavy atom. The maximum absolute atomic E-state index is 11.4. The number of H-pyrrole nitrogens is 1. The fraction of sp³-hybridized carbons (Fsp3) is 0.308. The van der Waals surface area contributed by atoms with E-state index in [0.29, 0.717) is 6.54 Å². The first-order chi connectivity index (χ1) is 9.08. The van der Waals surface area contributed by atoms with E-state index in [1.807, 2.05) is 25.1 Å². The van der Waals surface area contributed by atoms with Crippen LogP contribution in [-0.2, 0) is 20.9 Å². The molecule has 1 aromatic carbocycles. The highest BCUT2D eigenvalue weighted by Gasteiger charge is 2.09. The van der Waals surface area contributed by atoms with Crippen LogP contribution in [-0.4, -0.2) is 29.0 Å². The maximum Gasteiger partial charge on any atom is 0.315 e. The van der Waals surface area contributed by atoms with E-state index in [0.717, 1.165) is 22.4 Å². The lowest BCUT2D eigenvalue weighted by Gasteiger charge is -2.04. The number of aryl methyl sites for hydroxylation is 1. The van der Waals surface area contributed by atoms with Crippen molar-refractivity contribution in [3.63, 3.8) is 0 Å². The molecule has 19 heavy (non-hydrogen) atoms. The SMILES string of the molecule is COC(=O)CC(=O)NCc1ccc2nc(C)[nH]c2c1. The average molecular weight is 261 g/mol. The Hall–Kier alpha value is -2.37. The van der Waals surface area contributed by atoms with Gasteiger partial charge in [0.1, 0.15) is 12.2 Å². The number of carbonyl (C=O) groups is 2. The lowest BCUT2D eigenvalue weighted by Crippen LogP contribution is -2.25. The Balaban J connectivity index is 1.97. The summed E-state index contributed by atoms with van der Waals surface area (Å²) in [4.78, 5) is 29.8. The molecule has 0 aliphatic rings. The molecule has 2 N–H and O–H groups in total. The molecule has 1 amide bonds. The molecule has 6 nitrogen and oxygen atoms in total. The van der Waals surface area contributed by atoms with Crippen molar-refractivity contribution in [2.24, 2.45) is 0 Å². The lowest BCUT2D eigenvalue weighted by molar-refractivity contribution is -0.143. The number of aromatic nitrogens is 2. The number of carbonyl (C=O) groups excluding carboxylic acids is 2. The fourth-order valence-corrected chi connectivity index (χ4v) is 1.76. The van der Waals surface area contributed by atoms with Crippen LogP contribution in [0.3, 0.4) is 0 Å². The molecule has 0 aliphatic carbocycles. The standard InChI is InChI=1S/C13H15N3O3/c1-8-15-10-4-3-9(5-11(10)16-8)7-14-12(17)6-13(18)19-2/h3-5H,6-7H2,1-2H3,(H,14,17)(H,15,16). The van der Waals surface area contributed by atoms with Gasteiger partial charge in [-0.1, -0.05) is 6.07 Å². The molecular weight excluding hydrogens is 246 g/mol. The van der Waals surface area contributed by atoms with E-state index in [1.54, 1.807) is 0 Å². The van der Waals surface area contributed by atoms with Crippen LogP contribution in [0.2, 0.25) is 0 Å². The lowest BCUT2D eigenvalue weighted by atomic mass is 10.2. The molecule has 2 rings (SSSR count). The normalized spacial score (nSPS) is 10.4. The number of aromatic amines is 1. The van der Waals surface area contributed by atoms with Gasteiger partial charge in [-0.25, -0.2) is 4.98 Å². The van der Waals surface area contributed by atoms with E-state index < -0.39 is 5.97 Å². The third-order valence-corrected chi connectivity index (χ3v) is 2.69. The van der Waals surface area contributed by atoms with Gasteiger partial charge < -0.3 is 15.0 Å². The monoisotopic (exact) mass is 261 g/mol. The molecule has 0 bridgehead atoms. The zero-order valence-electron chi connectivity index (χ0n) is 10.8. The predicted molar refractivity (Wildman–Crippen MR) is 69.3 cm³/mol. The molecule has 1 aromatic heterocycles. The van der Waals surface area contributed by atoms with Crippen molar-refractivity contribution < 1.29 is 14.3 Å². The molecule has 1 heterocycles. The first kappa shape index (κ1) is 13.1. The molecule has 0 spiro atoms. The molecule has 6 heteroatoms. The number of nitrogens with one attached hydrogen (secondary N) is 2. The van der Waals surface area contributed by atoms with E-state index in [-0.39, 0.29) is 12.3 Å². The largest absolute Gasteiger partial charge is 0.469 e. The van der Waals surface area contributed by atoms with Crippen LogP contribution in [0.4, 0.5) is 0 Å². The maximum atomic E-state index is 11.4. The minimum absolute atomic E-state index is 0.262. The summed E-state index contributed by atoms with van der Waals surface area (Å²) in [5.41, 5.74) is 2.76. The first-order valence-corrected chi connectivity index (χ1v) is 5.87. The summed E-state index contributed by atoms with van der Waals surface area (Å²) in [6.07, 6.45) is -0.262. The van der Waals surface area contributed by atoms with Gasteiger partial charge in [0, 0.05) is 6.54 Å². The second-order valence-corrected chi connectivity index (χ2v) is 4.20. The van der Waals surface area contributed by atoms with E-state index in [4.69, 9.17) is 0 Å². The van der Waals surface area contributed by atoms with Crippen LogP contribution in [0.25, 0.3) is 11.0 Å². The van der Waals surface area contributed by atoms with E-state index in [2.05, 4.69) is 20.0 Å². The van der Waals surface area contributed by atoms with Crippen molar-refractivity contribution in [3.05, 3.63) is 29.6 Å². The molecule has 0 aliphatic heterocycles. The average Bonchev–Trinajstić information content (AvgIpc) is 2.75. The zero-order valence-corrected chi connectivity index (χ0v) is 10.8. The Labute approximate surface area is 110 Å². The fourth-order valence-electron chi connectivity index (χ4n) is 1.76. The summed E-state index contributed by atoms with van der Waals surface area (Å²) in [6, 6.07) is 5.70. The summed E-state index contributed by atoms with van der Waals surface area (Å²) in [7, 11) is 1.25. The summed E-state index contributed by atoms with van der Waals surface area (Å²) in [6.45, 7) is 2.25. The number of nitrogens with zero attached hydrogens (tertiary/aromatic N) is 1. The molecule has 0 unspecified atom stereocenters. The van der Waals surface area contributed by atoms with Gasteiger partial charge in [-0.15, -0.1) is 0 Å². The number of imidazole rings is 1. The minimum atomic E-state index is -0.544. The smallest absolute Gasteiger partial charge is 0.315 e. The van der Waals surface area contributed by atoms with Gasteiger partial charge in [0.2, 0.25) is 5.91 Å². The summed E-state index contributed by atoms with van der Waals surface area (Å²) < 4.78 is 4.42. The zero-order chi connectivity index (χ0) is 13.8. The summed E-state index contributed by atoms with van der Waals surface area (Å²) in [5, 5.41) is 2.66. The van der Waals surface area contributed by atoms with Crippen LogP contribution in [0, 0.1) is 6.92 Å². The molecule has 100 valence electrons. The third kappa shape index (κ3) is 3.31. The van der Waals surface area contributed by atoms with Gasteiger partial charge in [0.05, 0.1) is 18.1 Å². The minimum Gasteiger partial charge on any atom is -0.469 e. The highest BCUT2D eigenvalue weighted by atomic mass is 16.5. The first-order valence-electron chi connectivity index (χ1n) is 5.87. The number of rotatable bonds is 4. The number of ether oxygens (including phenoxy) is 1. The number of hydrogen-bond donors (Lipinski definition) is 2. The Morgan fingerprint density at radius 1 is 1.42 bits per heavy atom. The van der Waals surface area contributed by atoms with Crippen LogP contribution in [0.5, 0.6) is 0 Å². The van der Waals surface area contributed by atoms with Gasteiger partial charge in [0.15, 0.2) is 0 Å². The molecular formula is C13H15N3O3. The van der Waals surface area contributed by atoms with Crippen LogP contribution in [0.15, 0.2) is 18.2 Å². The second-order valence-electron chi connectivity index (χ2n) is 4.20. The summed E-state index contributed by atoms with van der Waals surface area (Å²) in [5.74, 6) is -0.0493. The van der Waals surface area contributed by atoms with Gasteiger partial charge in [-0.05, 0) is 24.6 Å². The second kappa shape index (κ2) is 5.51. The van der Waals surface area contributed by atoms with E-state index in [1.165, 1.54) is 7.11 Å². The van der Waals surface area contributed by atoms with Crippen molar-refractivity contribution in [3.8, 4) is 0 Å². The van der Waals surface area contributed by atoms with Gasteiger partial charge >= 0.3 is 5.97 Å². The molecule has 0 radical (unpaired) electrons. The quantitative estimate of drug-likeness (QED) is 0.636. The topological polar surface area (TPSA) is 84.1 Å². The van der Waals surface area contributed by atoms with Gasteiger partial charge in [-0.3, -0.25) is 9.59 Å². The van der Waals surface area contributed by atoms with Gasteiger partial charge in [0.25, 0.3) is 0 Å². The van der Waals surface area contributed by atoms with Crippen LogP contribution in [0.1, 0.15) is 17.8 Å². The van der Waals surface area contributed by atoms with Crippen molar-refractivity contribution in [2.45, 2.75) is 19.9 Å². The van der Waals surface area contributed by atoms with E-state index in [9.17, 15) is 9.59 Å². The van der Waals surface area contributed by atoms with Crippen molar-refractivity contribution in [1.29, 1.82) is 0 Å². The molecule has 0 atom stereocenters. The van der Waals surface area contributed by atoms with Crippen LogP contribution >= 0.6 is 0 Å². The van der Waals surface area contributed by atoms with Crippen LogP contribution < -0.4 is 5.32 Å². The highest BCUT2D eigenvalue weighted by molar-refractivity contribution is 5.94. The Bertz CT molecular complexity index is 619. The summed E-state index contributed by atoms with van der Waals surface area (Å²) >= 11 is 0. The highest BCUT2D eigenvalue weighted by Crippen LogP contribution is 2.13. The Morgan fingerprint density at radius 3 is 2.95 bits per heavy atom. The molecule has 0 saturated carbocycles. The predicted octanol–water partition coefficient (Wildman–Crippen LogP) is 1.05. The van der Waals surface area contributed by atoms with Crippen molar-refractivity contribution >= 4 is 22.9 Å². The van der Waals surface area contributed by atoms with Gasteiger partial charge in [-0.2, -0.15) is 0 Å². The number of hydrogen-bond acceptors (Lipinski definition) is 4. The van der Waals surface area contributed by atoms with E-state index >= 15 is 0 Å². The number of benzene rings is 1. The molecule has 0 saturated heterocycles. The molecule has 0 fully saturated rings. The third-order valence-electron chi connectivity index (χ3n) is 2.69. The number of methoxy groups -OCH3 is 1. The number of amides is 1. The van der Waals surface area contributed by atoms with Crippen molar-refractivity contribution in [1.82, 2.24) is 15.3 Å². The molecule has 2 aromatic rings. The van der Waals surface area contributed by atoms with Crippen molar-refractivity contribution in [2.75, 3.05) is 7.11 Å².